The van der Waals surface area contributed by atoms with Crippen LogP contribution in [0, 0.1) is 5.92 Å². The quantitative estimate of drug-likeness (QED) is 0.839. The molecule has 1 heterocycles. The van der Waals surface area contributed by atoms with Crippen LogP contribution in [-0.2, 0) is 0 Å². The highest BCUT2D eigenvalue weighted by Crippen LogP contribution is 2.27. The van der Waals surface area contributed by atoms with Crippen molar-refractivity contribution in [2.75, 3.05) is 32.5 Å². The summed E-state index contributed by atoms with van der Waals surface area (Å²) < 4.78 is 10.9. The molecule has 4 nitrogen and oxygen atoms in total. The van der Waals surface area contributed by atoms with Gasteiger partial charge in [0.2, 0.25) is 0 Å². The van der Waals surface area contributed by atoms with Crippen molar-refractivity contribution in [3.05, 3.63) is 18.2 Å². The molecule has 1 aliphatic rings. The molecule has 1 fully saturated rings. The van der Waals surface area contributed by atoms with Crippen LogP contribution in [0.1, 0.15) is 12.8 Å². The van der Waals surface area contributed by atoms with Gasteiger partial charge in [-0.25, -0.2) is 0 Å². The second-order valence-corrected chi connectivity index (χ2v) is 4.43. The molecular weight excluding hydrogens is 287 g/mol. The van der Waals surface area contributed by atoms with Crippen LogP contribution < -0.4 is 20.5 Å². The molecule has 19 heavy (non-hydrogen) atoms. The molecule has 0 aliphatic carbocycles. The summed E-state index contributed by atoms with van der Waals surface area (Å²) in [7, 11) is 1.61. The predicted octanol–water partition coefficient (Wildman–Crippen LogP) is 2.50. The number of piperidine rings is 1. The lowest BCUT2D eigenvalue weighted by atomic mass is 10.0. The second-order valence-electron chi connectivity index (χ2n) is 4.43. The molecule has 0 radical (unpaired) electrons. The number of nitrogen functional groups attached to an aromatic ring is 1. The minimum Gasteiger partial charge on any atom is -0.494 e. The highest BCUT2D eigenvalue weighted by Gasteiger charge is 2.13. The van der Waals surface area contributed by atoms with Crippen LogP contribution in [0.4, 0.5) is 5.69 Å². The average Bonchev–Trinajstić information content (AvgIpc) is 2.39. The number of nitrogens with two attached hydrogens (primary N) is 1. The Balaban J connectivity index is 0.00000162. The Kier molecular flexibility index (Phi) is 8.72. The predicted molar refractivity (Wildman–Crippen MR) is 83.0 cm³/mol. The number of benzene rings is 1. The van der Waals surface area contributed by atoms with Gasteiger partial charge in [0.05, 0.1) is 19.4 Å². The molecule has 1 atom stereocenters. The van der Waals surface area contributed by atoms with Crippen molar-refractivity contribution in [3.63, 3.8) is 0 Å². The van der Waals surface area contributed by atoms with Crippen LogP contribution in [0.2, 0.25) is 0 Å². The fourth-order valence-electron chi connectivity index (χ4n) is 2.06. The second kappa shape index (κ2) is 9.13. The molecule has 110 valence electrons. The average molecular weight is 309 g/mol. The fourth-order valence-corrected chi connectivity index (χ4v) is 2.06. The van der Waals surface area contributed by atoms with Crippen molar-refractivity contribution in [2.45, 2.75) is 12.8 Å². The van der Waals surface area contributed by atoms with Crippen LogP contribution in [-0.4, -0.2) is 26.8 Å². The standard InChI is InChI=1S/C13H20N2O2.2ClH/c1-16-13-7-11(4-5-12(13)14)17-9-10-3-2-6-15-8-10;;/h4-5,7,10,15H,2-3,6,8-9,14H2,1H3;2*1H. The molecule has 0 bridgehead atoms. The molecule has 0 spiro atoms. The van der Waals surface area contributed by atoms with Gasteiger partial charge in [0.1, 0.15) is 11.5 Å². The molecule has 1 aromatic rings. The van der Waals surface area contributed by atoms with Crippen LogP contribution in [0.3, 0.4) is 0 Å². The van der Waals surface area contributed by atoms with Crippen molar-refractivity contribution >= 4 is 30.5 Å². The SMILES string of the molecule is COc1cc(OCC2CCCNC2)ccc1N.Cl.Cl. The van der Waals surface area contributed by atoms with Crippen LogP contribution in [0.5, 0.6) is 11.5 Å². The third-order valence-corrected chi connectivity index (χ3v) is 3.09. The van der Waals surface area contributed by atoms with Crippen LogP contribution in [0.15, 0.2) is 18.2 Å². The summed E-state index contributed by atoms with van der Waals surface area (Å²) in [5.74, 6) is 2.10. The summed E-state index contributed by atoms with van der Waals surface area (Å²) >= 11 is 0. The third kappa shape index (κ3) is 5.35. The topological polar surface area (TPSA) is 56.5 Å². The highest BCUT2D eigenvalue weighted by atomic mass is 35.5. The van der Waals surface area contributed by atoms with E-state index in [0.717, 1.165) is 25.4 Å². The highest BCUT2D eigenvalue weighted by molar-refractivity contribution is 5.85. The number of nitrogens with one attached hydrogen (secondary N) is 1. The summed E-state index contributed by atoms with van der Waals surface area (Å²) in [5.41, 5.74) is 6.39. The van der Waals surface area contributed by atoms with Gasteiger partial charge >= 0.3 is 0 Å². The molecule has 6 heteroatoms. The number of rotatable bonds is 4. The van der Waals surface area contributed by atoms with Gasteiger partial charge < -0.3 is 20.5 Å². The Labute approximate surface area is 126 Å². The molecule has 3 N–H and O–H groups in total. The van der Waals surface area contributed by atoms with E-state index in [0.29, 0.717) is 17.4 Å². The number of hydrogen-bond donors (Lipinski definition) is 2. The fraction of sp³-hybridized carbons (Fsp3) is 0.538. The molecule has 1 aliphatic heterocycles. The zero-order valence-corrected chi connectivity index (χ0v) is 12.7. The van der Waals surface area contributed by atoms with E-state index in [2.05, 4.69) is 5.32 Å². The third-order valence-electron chi connectivity index (χ3n) is 3.09. The van der Waals surface area contributed by atoms with E-state index < -0.39 is 0 Å². The van der Waals surface area contributed by atoms with Gasteiger partial charge in [-0.2, -0.15) is 0 Å². The lowest BCUT2D eigenvalue weighted by Gasteiger charge is -2.22. The molecule has 0 saturated carbocycles. The minimum atomic E-state index is 0. The zero-order chi connectivity index (χ0) is 12.1. The molecular formula is C13H22Cl2N2O2. The van der Waals surface area contributed by atoms with E-state index in [1.54, 1.807) is 7.11 Å². The van der Waals surface area contributed by atoms with Gasteiger partial charge in [0.25, 0.3) is 0 Å². The molecule has 1 aromatic carbocycles. The van der Waals surface area contributed by atoms with E-state index in [1.165, 1.54) is 12.8 Å². The molecule has 1 saturated heterocycles. The molecule has 2 rings (SSSR count). The van der Waals surface area contributed by atoms with Crippen LogP contribution >= 0.6 is 24.8 Å². The number of anilines is 1. The summed E-state index contributed by atoms with van der Waals surface area (Å²) in [6.07, 6.45) is 2.47. The van der Waals surface area contributed by atoms with E-state index in [4.69, 9.17) is 15.2 Å². The Bertz CT molecular complexity index is 372. The summed E-state index contributed by atoms with van der Waals surface area (Å²) in [6, 6.07) is 5.53. The maximum absolute atomic E-state index is 5.77. The van der Waals surface area contributed by atoms with Gasteiger partial charge in [-0.05, 0) is 31.5 Å². The van der Waals surface area contributed by atoms with E-state index in [1.807, 2.05) is 18.2 Å². The molecule has 1 unspecified atom stereocenters. The summed E-state index contributed by atoms with van der Waals surface area (Å²) in [4.78, 5) is 0. The Hall–Kier alpha value is -0.840. The first-order valence-corrected chi connectivity index (χ1v) is 6.06. The first-order chi connectivity index (χ1) is 8.29. The van der Waals surface area contributed by atoms with Crippen molar-refractivity contribution in [2.24, 2.45) is 5.92 Å². The monoisotopic (exact) mass is 308 g/mol. The zero-order valence-electron chi connectivity index (χ0n) is 11.1. The normalized spacial score (nSPS) is 17.8. The minimum absolute atomic E-state index is 0. The molecule has 0 aromatic heterocycles. The van der Waals surface area contributed by atoms with E-state index in [-0.39, 0.29) is 24.8 Å². The van der Waals surface area contributed by atoms with E-state index >= 15 is 0 Å². The first kappa shape index (κ1) is 18.2. The van der Waals surface area contributed by atoms with Crippen LogP contribution in [0.25, 0.3) is 0 Å². The van der Waals surface area contributed by atoms with Gasteiger partial charge in [0.15, 0.2) is 0 Å². The Morgan fingerprint density at radius 1 is 1.37 bits per heavy atom. The maximum Gasteiger partial charge on any atom is 0.145 e. The lowest BCUT2D eigenvalue weighted by molar-refractivity contribution is 0.218. The number of hydrogen-bond acceptors (Lipinski definition) is 4. The first-order valence-electron chi connectivity index (χ1n) is 6.06. The number of ether oxygens (including phenoxy) is 2. The van der Waals surface area contributed by atoms with Gasteiger partial charge in [-0.15, -0.1) is 24.8 Å². The number of halogens is 2. The van der Waals surface area contributed by atoms with Crippen molar-refractivity contribution < 1.29 is 9.47 Å². The largest absolute Gasteiger partial charge is 0.494 e. The Morgan fingerprint density at radius 2 is 2.16 bits per heavy atom. The summed E-state index contributed by atoms with van der Waals surface area (Å²) in [5, 5.41) is 3.38. The van der Waals surface area contributed by atoms with Gasteiger partial charge in [0, 0.05) is 18.5 Å². The van der Waals surface area contributed by atoms with Gasteiger partial charge in [-0.1, -0.05) is 0 Å². The number of methoxy groups -OCH3 is 1. The van der Waals surface area contributed by atoms with Crippen molar-refractivity contribution in [1.29, 1.82) is 0 Å². The van der Waals surface area contributed by atoms with Crippen molar-refractivity contribution in [3.8, 4) is 11.5 Å². The Morgan fingerprint density at radius 3 is 2.79 bits per heavy atom. The lowest BCUT2D eigenvalue weighted by Crippen LogP contribution is -2.33. The van der Waals surface area contributed by atoms with Gasteiger partial charge in [-0.3, -0.25) is 0 Å². The molecule has 0 amide bonds. The van der Waals surface area contributed by atoms with E-state index in [9.17, 15) is 0 Å². The smallest absolute Gasteiger partial charge is 0.145 e. The maximum atomic E-state index is 5.77. The van der Waals surface area contributed by atoms with Crippen molar-refractivity contribution in [1.82, 2.24) is 5.32 Å². The summed E-state index contributed by atoms with van der Waals surface area (Å²) in [6.45, 7) is 2.93.